The van der Waals surface area contributed by atoms with Crippen LogP contribution in [-0.4, -0.2) is 88.7 Å². The van der Waals surface area contributed by atoms with Crippen LogP contribution in [0.2, 0.25) is 0 Å². The van der Waals surface area contributed by atoms with Crippen LogP contribution in [0.15, 0.2) is 66.7 Å². The highest BCUT2D eigenvalue weighted by atomic mass is 16.5. The summed E-state index contributed by atoms with van der Waals surface area (Å²) in [6.07, 6.45) is 2.63. The highest BCUT2D eigenvalue weighted by molar-refractivity contribution is 6.24. The molecule has 4 rings (SSSR count). The molecule has 1 N–H and O–H groups in total. The van der Waals surface area contributed by atoms with Gasteiger partial charge in [-0.1, -0.05) is 24.3 Å². The van der Waals surface area contributed by atoms with E-state index >= 15 is 0 Å². The number of morpholine rings is 1. The summed E-state index contributed by atoms with van der Waals surface area (Å²) in [6, 6.07) is 20.3. The summed E-state index contributed by atoms with van der Waals surface area (Å²) in [7, 11) is 6.59. The molecule has 0 spiro atoms. The predicted molar refractivity (Wildman–Crippen MR) is 168 cm³/mol. The molecule has 1 fully saturated rings. The Hall–Kier alpha value is -4.83. The van der Waals surface area contributed by atoms with Crippen LogP contribution in [-0.2, 0) is 25.5 Å². The van der Waals surface area contributed by atoms with Gasteiger partial charge >= 0.3 is 0 Å². The first kappa shape index (κ1) is 32.1. The van der Waals surface area contributed by atoms with Crippen molar-refractivity contribution in [2.75, 3.05) is 61.2 Å². The average molecular weight is 602 g/mol. The van der Waals surface area contributed by atoms with Gasteiger partial charge in [-0.3, -0.25) is 14.4 Å². The SMILES string of the molecule is COc1cc(/C=C(/C(=O)N(C)C)c2ccc(Oc3ccc(CCC(=O)NCC(=O)N4CCOCC4)cc3)cc2)cc(OC)c1. The number of benzene rings is 3. The molecule has 10 heteroatoms. The molecule has 1 saturated heterocycles. The standard InChI is InChI=1S/C34H39N3O7/c1-36(2)34(40)31(21-25-19-29(41-3)22-30(20-25)42-4)26-8-12-28(13-9-26)44-27-10-5-24(6-11-27)7-14-32(38)35-23-33(39)37-15-17-43-18-16-37/h5-6,8-13,19-22H,7,14-18,23H2,1-4H3,(H,35,38)/b31-21+. The molecule has 0 atom stereocenters. The van der Waals surface area contributed by atoms with Crippen molar-refractivity contribution >= 4 is 29.4 Å². The summed E-state index contributed by atoms with van der Waals surface area (Å²) in [5, 5.41) is 2.71. The summed E-state index contributed by atoms with van der Waals surface area (Å²) >= 11 is 0. The van der Waals surface area contributed by atoms with Crippen LogP contribution >= 0.6 is 0 Å². The van der Waals surface area contributed by atoms with Gasteiger partial charge in [0.25, 0.3) is 5.91 Å². The molecule has 0 saturated carbocycles. The maximum absolute atomic E-state index is 13.1. The lowest BCUT2D eigenvalue weighted by molar-refractivity contribution is -0.136. The number of likely N-dealkylation sites (N-methyl/N-ethyl adjacent to an activating group) is 1. The van der Waals surface area contributed by atoms with E-state index in [1.165, 1.54) is 4.90 Å². The van der Waals surface area contributed by atoms with Crippen LogP contribution in [0, 0.1) is 0 Å². The fourth-order valence-corrected chi connectivity index (χ4v) is 4.60. The maximum atomic E-state index is 13.1. The Kier molecular flexibility index (Phi) is 11.4. The van der Waals surface area contributed by atoms with Gasteiger partial charge in [0, 0.05) is 45.2 Å². The lowest BCUT2D eigenvalue weighted by Crippen LogP contribution is -2.45. The lowest BCUT2D eigenvalue weighted by atomic mass is 10.0. The molecule has 44 heavy (non-hydrogen) atoms. The van der Waals surface area contributed by atoms with Crippen molar-refractivity contribution in [1.29, 1.82) is 0 Å². The Labute approximate surface area is 258 Å². The predicted octanol–water partition coefficient (Wildman–Crippen LogP) is 4.03. The molecular weight excluding hydrogens is 562 g/mol. The zero-order valence-corrected chi connectivity index (χ0v) is 25.6. The second kappa shape index (κ2) is 15.6. The average Bonchev–Trinajstić information content (AvgIpc) is 3.06. The second-order valence-corrected chi connectivity index (χ2v) is 10.4. The van der Waals surface area contributed by atoms with E-state index in [1.807, 2.05) is 66.7 Å². The number of hydrogen-bond acceptors (Lipinski definition) is 7. The highest BCUT2D eigenvalue weighted by Gasteiger charge is 2.18. The van der Waals surface area contributed by atoms with Crippen molar-refractivity contribution < 1.29 is 33.3 Å². The minimum absolute atomic E-state index is 0.000736. The monoisotopic (exact) mass is 601 g/mol. The van der Waals surface area contributed by atoms with E-state index in [0.29, 0.717) is 61.3 Å². The number of amides is 3. The number of hydrogen-bond donors (Lipinski definition) is 1. The first-order chi connectivity index (χ1) is 21.2. The first-order valence-electron chi connectivity index (χ1n) is 14.4. The van der Waals surface area contributed by atoms with E-state index in [1.54, 1.807) is 39.3 Å². The summed E-state index contributed by atoms with van der Waals surface area (Å²) in [6.45, 7) is 2.18. The van der Waals surface area contributed by atoms with Gasteiger partial charge in [-0.15, -0.1) is 0 Å². The molecule has 0 unspecified atom stereocenters. The van der Waals surface area contributed by atoms with Crippen LogP contribution < -0.4 is 19.5 Å². The number of nitrogens with one attached hydrogen (secondary N) is 1. The Morgan fingerprint density at radius 3 is 2.02 bits per heavy atom. The van der Waals surface area contributed by atoms with Crippen LogP contribution in [0.3, 0.4) is 0 Å². The molecule has 10 nitrogen and oxygen atoms in total. The van der Waals surface area contributed by atoms with E-state index < -0.39 is 0 Å². The molecule has 1 heterocycles. The van der Waals surface area contributed by atoms with Crippen LogP contribution in [0.4, 0.5) is 0 Å². The van der Waals surface area contributed by atoms with Crippen molar-refractivity contribution in [2.45, 2.75) is 12.8 Å². The molecule has 1 aliphatic rings. The van der Waals surface area contributed by atoms with Crippen LogP contribution in [0.25, 0.3) is 11.6 Å². The van der Waals surface area contributed by atoms with Gasteiger partial charge in [-0.2, -0.15) is 0 Å². The van der Waals surface area contributed by atoms with E-state index in [-0.39, 0.29) is 30.7 Å². The molecule has 0 aliphatic carbocycles. The van der Waals surface area contributed by atoms with E-state index in [2.05, 4.69) is 5.32 Å². The number of nitrogens with zero attached hydrogens (tertiary/aromatic N) is 2. The summed E-state index contributed by atoms with van der Waals surface area (Å²) in [5.41, 5.74) is 2.99. The zero-order chi connectivity index (χ0) is 31.5. The summed E-state index contributed by atoms with van der Waals surface area (Å²) in [4.78, 5) is 40.8. The van der Waals surface area contributed by atoms with Gasteiger partial charge < -0.3 is 34.1 Å². The van der Waals surface area contributed by atoms with E-state index in [0.717, 1.165) is 16.7 Å². The topological polar surface area (TPSA) is 107 Å². The third-order valence-electron chi connectivity index (χ3n) is 7.09. The quantitative estimate of drug-likeness (QED) is 0.247. The Bertz CT molecular complexity index is 1440. The molecule has 0 bridgehead atoms. The zero-order valence-electron chi connectivity index (χ0n) is 25.6. The molecule has 3 amide bonds. The molecule has 3 aromatic carbocycles. The number of methoxy groups -OCH3 is 2. The van der Waals surface area contributed by atoms with Crippen molar-refractivity contribution in [3.63, 3.8) is 0 Å². The summed E-state index contributed by atoms with van der Waals surface area (Å²) in [5.74, 6) is 2.11. The highest BCUT2D eigenvalue weighted by Crippen LogP contribution is 2.29. The molecule has 0 aromatic heterocycles. The molecule has 1 aliphatic heterocycles. The Morgan fingerprint density at radius 2 is 1.45 bits per heavy atom. The fourth-order valence-electron chi connectivity index (χ4n) is 4.60. The van der Waals surface area contributed by atoms with Gasteiger partial charge in [0.1, 0.15) is 23.0 Å². The van der Waals surface area contributed by atoms with Crippen molar-refractivity contribution in [2.24, 2.45) is 0 Å². The smallest absolute Gasteiger partial charge is 0.253 e. The number of aryl methyl sites for hydroxylation is 1. The van der Waals surface area contributed by atoms with Gasteiger partial charge in [-0.05, 0) is 65.6 Å². The van der Waals surface area contributed by atoms with Gasteiger partial charge in [0.15, 0.2) is 0 Å². The van der Waals surface area contributed by atoms with Crippen LogP contribution in [0.1, 0.15) is 23.1 Å². The van der Waals surface area contributed by atoms with E-state index in [9.17, 15) is 14.4 Å². The number of rotatable bonds is 12. The van der Waals surface area contributed by atoms with Crippen molar-refractivity contribution in [3.05, 3.63) is 83.4 Å². The molecule has 3 aromatic rings. The maximum Gasteiger partial charge on any atom is 0.253 e. The third-order valence-corrected chi connectivity index (χ3v) is 7.09. The largest absolute Gasteiger partial charge is 0.497 e. The Morgan fingerprint density at radius 1 is 0.864 bits per heavy atom. The van der Waals surface area contributed by atoms with Gasteiger partial charge in [0.05, 0.1) is 34.0 Å². The normalized spacial score (nSPS) is 13.2. The second-order valence-electron chi connectivity index (χ2n) is 10.4. The van der Waals surface area contributed by atoms with Crippen LogP contribution in [0.5, 0.6) is 23.0 Å². The molecular formula is C34H39N3O7. The van der Waals surface area contributed by atoms with Crippen molar-refractivity contribution in [1.82, 2.24) is 15.1 Å². The fraction of sp³-hybridized carbons (Fsp3) is 0.324. The minimum Gasteiger partial charge on any atom is -0.497 e. The van der Waals surface area contributed by atoms with E-state index in [4.69, 9.17) is 18.9 Å². The van der Waals surface area contributed by atoms with Crippen molar-refractivity contribution in [3.8, 4) is 23.0 Å². The molecule has 0 radical (unpaired) electrons. The Balaban J connectivity index is 1.35. The summed E-state index contributed by atoms with van der Waals surface area (Å²) < 4.78 is 22.0. The molecule has 232 valence electrons. The number of ether oxygens (including phenoxy) is 4. The number of carbonyl (C=O) groups excluding carboxylic acids is 3. The third kappa shape index (κ3) is 9.08. The lowest BCUT2D eigenvalue weighted by Gasteiger charge is -2.26. The first-order valence-corrected chi connectivity index (χ1v) is 14.4. The van der Waals surface area contributed by atoms with Gasteiger partial charge in [0.2, 0.25) is 11.8 Å². The minimum atomic E-state index is -0.168. The van der Waals surface area contributed by atoms with Gasteiger partial charge in [-0.25, -0.2) is 0 Å². The number of carbonyl (C=O) groups is 3.